The lowest BCUT2D eigenvalue weighted by atomic mass is 9.97. The molecule has 2 heterocycles. The van der Waals surface area contributed by atoms with E-state index in [-0.39, 0.29) is 11.8 Å². The number of amides is 1. The molecule has 0 saturated carbocycles. The van der Waals surface area contributed by atoms with Crippen molar-refractivity contribution in [2.24, 2.45) is 5.92 Å². The van der Waals surface area contributed by atoms with Crippen LogP contribution in [0, 0.1) is 5.92 Å². The van der Waals surface area contributed by atoms with Crippen LogP contribution in [0.3, 0.4) is 0 Å². The second-order valence-electron chi connectivity index (χ2n) is 6.50. The summed E-state index contributed by atoms with van der Waals surface area (Å²) in [6.45, 7) is 4.16. The SMILES string of the molecule is C[C@H]1[C@H](C(=O)NCCc2ccccc2)C[C@H]2CCCCN21. The first-order chi connectivity index (χ1) is 10.3. The Kier molecular flexibility index (Phi) is 4.59. The van der Waals surface area contributed by atoms with Crippen molar-refractivity contribution in [3.63, 3.8) is 0 Å². The lowest BCUT2D eigenvalue weighted by molar-refractivity contribution is -0.125. The third kappa shape index (κ3) is 3.29. The molecule has 2 fully saturated rings. The summed E-state index contributed by atoms with van der Waals surface area (Å²) < 4.78 is 0. The predicted molar refractivity (Wildman–Crippen MR) is 85.1 cm³/mol. The van der Waals surface area contributed by atoms with Crippen molar-refractivity contribution >= 4 is 5.91 Å². The van der Waals surface area contributed by atoms with Gasteiger partial charge in [-0.2, -0.15) is 0 Å². The Morgan fingerprint density at radius 3 is 2.86 bits per heavy atom. The molecule has 114 valence electrons. The van der Waals surface area contributed by atoms with Crippen LogP contribution in [0.1, 0.15) is 38.2 Å². The molecule has 1 amide bonds. The maximum Gasteiger partial charge on any atom is 0.224 e. The molecule has 1 N–H and O–H groups in total. The molecule has 2 aliphatic rings. The highest BCUT2D eigenvalue weighted by atomic mass is 16.1. The number of nitrogens with one attached hydrogen (secondary N) is 1. The lowest BCUT2D eigenvalue weighted by Crippen LogP contribution is -2.42. The maximum atomic E-state index is 12.5. The van der Waals surface area contributed by atoms with Crippen molar-refractivity contribution in [3.05, 3.63) is 35.9 Å². The van der Waals surface area contributed by atoms with E-state index in [1.165, 1.54) is 31.4 Å². The van der Waals surface area contributed by atoms with Crippen LogP contribution < -0.4 is 5.32 Å². The zero-order chi connectivity index (χ0) is 14.7. The fraction of sp³-hybridized carbons (Fsp3) is 0.611. The quantitative estimate of drug-likeness (QED) is 0.923. The Labute approximate surface area is 127 Å². The van der Waals surface area contributed by atoms with Gasteiger partial charge in [0.1, 0.15) is 0 Å². The third-order valence-electron chi connectivity index (χ3n) is 5.20. The number of benzene rings is 1. The number of rotatable bonds is 4. The number of carbonyl (C=O) groups is 1. The van der Waals surface area contributed by atoms with E-state index in [4.69, 9.17) is 0 Å². The van der Waals surface area contributed by atoms with Gasteiger partial charge in [0.2, 0.25) is 5.91 Å². The molecule has 0 aromatic heterocycles. The molecule has 1 aromatic carbocycles. The Morgan fingerprint density at radius 2 is 2.10 bits per heavy atom. The van der Waals surface area contributed by atoms with E-state index in [0.717, 1.165) is 19.4 Å². The van der Waals surface area contributed by atoms with Gasteiger partial charge in [-0.3, -0.25) is 9.69 Å². The monoisotopic (exact) mass is 286 g/mol. The van der Waals surface area contributed by atoms with Crippen LogP contribution in [0.4, 0.5) is 0 Å². The van der Waals surface area contributed by atoms with E-state index in [9.17, 15) is 4.79 Å². The van der Waals surface area contributed by atoms with E-state index in [2.05, 4.69) is 29.3 Å². The summed E-state index contributed by atoms with van der Waals surface area (Å²) >= 11 is 0. The van der Waals surface area contributed by atoms with E-state index in [0.29, 0.717) is 12.1 Å². The topological polar surface area (TPSA) is 32.3 Å². The highest BCUT2D eigenvalue weighted by molar-refractivity contribution is 5.79. The Bertz CT molecular complexity index is 473. The molecule has 0 unspecified atom stereocenters. The molecule has 3 heteroatoms. The van der Waals surface area contributed by atoms with Crippen molar-refractivity contribution in [1.29, 1.82) is 0 Å². The van der Waals surface area contributed by atoms with Crippen molar-refractivity contribution in [2.75, 3.05) is 13.1 Å². The largest absolute Gasteiger partial charge is 0.355 e. The van der Waals surface area contributed by atoms with Gasteiger partial charge in [-0.15, -0.1) is 0 Å². The summed E-state index contributed by atoms with van der Waals surface area (Å²) in [5.41, 5.74) is 1.29. The second-order valence-corrected chi connectivity index (χ2v) is 6.50. The predicted octanol–water partition coefficient (Wildman–Crippen LogP) is 2.61. The summed E-state index contributed by atoms with van der Waals surface area (Å²) in [7, 11) is 0. The summed E-state index contributed by atoms with van der Waals surface area (Å²) in [6, 6.07) is 11.4. The zero-order valence-corrected chi connectivity index (χ0v) is 12.9. The molecule has 2 aliphatic heterocycles. The van der Waals surface area contributed by atoms with Crippen LogP contribution >= 0.6 is 0 Å². The number of piperidine rings is 1. The van der Waals surface area contributed by atoms with Gasteiger partial charge in [-0.1, -0.05) is 36.8 Å². The molecule has 0 aliphatic carbocycles. The highest BCUT2D eigenvalue weighted by Gasteiger charge is 2.42. The standard InChI is InChI=1S/C18H26N2O/c1-14-17(13-16-9-5-6-12-20(14)16)18(21)19-11-10-15-7-3-2-4-8-15/h2-4,7-8,14,16-17H,5-6,9-13H2,1H3,(H,19,21)/t14-,16+,17+/m0/s1. The van der Waals surface area contributed by atoms with Crippen LogP contribution in [0.25, 0.3) is 0 Å². The number of hydrogen-bond donors (Lipinski definition) is 1. The number of hydrogen-bond acceptors (Lipinski definition) is 2. The minimum atomic E-state index is 0.184. The van der Waals surface area contributed by atoms with Crippen molar-refractivity contribution in [3.8, 4) is 0 Å². The number of carbonyl (C=O) groups excluding carboxylic acids is 1. The molecule has 3 nitrogen and oxygen atoms in total. The molecule has 3 atom stereocenters. The van der Waals surface area contributed by atoms with Crippen molar-refractivity contribution in [2.45, 2.75) is 51.1 Å². The van der Waals surface area contributed by atoms with E-state index in [1.807, 2.05) is 18.2 Å². The smallest absolute Gasteiger partial charge is 0.224 e. The zero-order valence-electron chi connectivity index (χ0n) is 12.9. The van der Waals surface area contributed by atoms with Crippen LogP contribution in [0.2, 0.25) is 0 Å². The van der Waals surface area contributed by atoms with Crippen LogP contribution in [0.15, 0.2) is 30.3 Å². The Hall–Kier alpha value is -1.35. The molecule has 21 heavy (non-hydrogen) atoms. The Morgan fingerprint density at radius 1 is 1.29 bits per heavy atom. The summed E-state index contributed by atoms with van der Waals surface area (Å²) in [4.78, 5) is 15.0. The van der Waals surface area contributed by atoms with E-state index < -0.39 is 0 Å². The van der Waals surface area contributed by atoms with Gasteiger partial charge in [-0.05, 0) is 44.7 Å². The van der Waals surface area contributed by atoms with E-state index >= 15 is 0 Å². The summed E-state index contributed by atoms with van der Waals surface area (Å²) in [5.74, 6) is 0.441. The first kappa shape index (κ1) is 14.6. The van der Waals surface area contributed by atoms with Crippen molar-refractivity contribution in [1.82, 2.24) is 10.2 Å². The van der Waals surface area contributed by atoms with Gasteiger partial charge in [0.05, 0.1) is 5.92 Å². The maximum absolute atomic E-state index is 12.5. The first-order valence-electron chi connectivity index (χ1n) is 8.33. The first-order valence-corrected chi connectivity index (χ1v) is 8.33. The van der Waals surface area contributed by atoms with Gasteiger partial charge in [0, 0.05) is 18.6 Å². The number of fused-ring (bicyclic) bond motifs is 1. The molecular formula is C18H26N2O. The fourth-order valence-corrected chi connectivity index (χ4v) is 3.97. The highest BCUT2D eigenvalue weighted by Crippen LogP contribution is 2.35. The van der Waals surface area contributed by atoms with Gasteiger partial charge in [0.25, 0.3) is 0 Å². The van der Waals surface area contributed by atoms with Gasteiger partial charge in [-0.25, -0.2) is 0 Å². The normalized spacial score (nSPS) is 29.1. The van der Waals surface area contributed by atoms with Gasteiger partial charge >= 0.3 is 0 Å². The second kappa shape index (κ2) is 6.61. The molecule has 2 saturated heterocycles. The van der Waals surface area contributed by atoms with Crippen LogP contribution in [-0.2, 0) is 11.2 Å². The molecule has 3 rings (SSSR count). The van der Waals surface area contributed by atoms with Crippen molar-refractivity contribution < 1.29 is 4.79 Å². The van der Waals surface area contributed by atoms with E-state index in [1.54, 1.807) is 0 Å². The molecule has 1 aromatic rings. The third-order valence-corrected chi connectivity index (χ3v) is 5.20. The summed E-state index contributed by atoms with van der Waals surface area (Å²) in [5, 5.41) is 3.15. The lowest BCUT2D eigenvalue weighted by Gasteiger charge is -2.32. The minimum Gasteiger partial charge on any atom is -0.355 e. The Balaban J connectivity index is 1.49. The molecule has 0 radical (unpaired) electrons. The van der Waals surface area contributed by atoms with Gasteiger partial charge < -0.3 is 5.32 Å². The van der Waals surface area contributed by atoms with Gasteiger partial charge in [0.15, 0.2) is 0 Å². The van der Waals surface area contributed by atoms with Crippen LogP contribution in [0.5, 0.6) is 0 Å². The molecule has 0 spiro atoms. The van der Waals surface area contributed by atoms with Crippen LogP contribution in [-0.4, -0.2) is 36.0 Å². The molecule has 0 bridgehead atoms. The average Bonchev–Trinajstić information content (AvgIpc) is 2.86. The summed E-state index contributed by atoms with van der Waals surface area (Å²) in [6.07, 6.45) is 5.87. The fourth-order valence-electron chi connectivity index (χ4n) is 3.97. The minimum absolute atomic E-state index is 0.184. The average molecular weight is 286 g/mol. The molecular weight excluding hydrogens is 260 g/mol. The number of nitrogens with zero attached hydrogens (tertiary/aromatic N) is 1.